The smallest absolute Gasteiger partial charge is 0.174 e. The van der Waals surface area contributed by atoms with E-state index in [1.807, 2.05) is 24.3 Å². The van der Waals surface area contributed by atoms with E-state index in [2.05, 4.69) is 86.7 Å². The first-order valence-electron chi connectivity index (χ1n) is 13.5. The van der Waals surface area contributed by atoms with Gasteiger partial charge in [-0.15, -0.1) is 0 Å². The standard InChI is InChI=1S/C36H24O2S2/c1-19-9-13-21(14-10-19)39-29-17-27-33-31-23(29)5-3-7-25(31)36(38)28-18-30(40-22-15-11-20(2)12-16-22)24-6-4-8-26(35(27)37)32(24)34(28)33/h3-18,25,27H,1-2H3. The highest BCUT2D eigenvalue weighted by Crippen LogP contribution is 2.57. The molecule has 4 heteroatoms. The second kappa shape index (κ2) is 8.82. The number of rotatable bonds is 4. The number of allylic oxidation sites excluding steroid dienone is 7. The largest absolute Gasteiger partial charge is 0.293 e. The molecule has 2 unspecified atom stereocenters. The normalized spacial score (nSPS) is 20.1. The van der Waals surface area contributed by atoms with Crippen molar-refractivity contribution >= 4 is 51.4 Å². The van der Waals surface area contributed by atoms with Crippen LogP contribution in [0.15, 0.2) is 128 Å². The number of hydrogen-bond donors (Lipinski definition) is 0. The van der Waals surface area contributed by atoms with Gasteiger partial charge in [-0.05, 0) is 71.8 Å². The maximum atomic E-state index is 14.3. The van der Waals surface area contributed by atoms with Crippen LogP contribution in [-0.4, -0.2) is 11.6 Å². The summed E-state index contributed by atoms with van der Waals surface area (Å²) in [6.45, 7) is 4.16. The summed E-state index contributed by atoms with van der Waals surface area (Å²) in [4.78, 5) is 32.8. The third-order valence-corrected chi connectivity index (χ3v) is 10.5. The van der Waals surface area contributed by atoms with Crippen LogP contribution in [0.3, 0.4) is 0 Å². The summed E-state index contributed by atoms with van der Waals surface area (Å²) >= 11 is 3.34. The molecule has 0 fully saturated rings. The van der Waals surface area contributed by atoms with Gasteiger partial charge in [0, 0.05) is 36.1 Å². The molecule has 0 saturated carbocycles. The summed E-state index contributed by atoms with van der Waals surface area (Å²) in [5.41, 5.74) is 7.97. The van der Waals surface area contributed by atoms with Gasteiger partial charge in [-0.2, -0.15) is 0 Å². The van der Waals surface area contributed by atoms with Crippen molar-refractivity contribution in [3.8, 4) is 0 Å². The number of hydrogen-bond acceptors (Lipinski definition) is 4. The fraction of sp³-hybridized carbons (Fsp3) is 0.111. The lowest BCUT2D eigenvalue weighted by atomic mass is 9.63. The summed E-state index contributed by atoms with van der Waals surface area (Å²) in [7, 11) is 0. The molecule has 0 aromatic heterocycles. The number of aryl methyl sites for hydroxylation is 2. The number of ketones is 2. The minimum absolute atomic E-state index is 0.118. The number of thioether (sulfide) groups is 1. The molecule has 192 valence electrons. The number of carbonyl (C=O) groups excluding carboxylic acids is 2. The molecule has 0 bridgehead atoms. The zero-order chi connectivity index (χ0) is 27.1. The van der Waals surface area contributed by atoms with Crippen molar-refractivity contribution in [3.63, 3.8) is 0 Å². The summed E-state index contributed by atoms with van der Waals surface area (Å²) in [5, 5.41) is 1.97. The summed E-state index contributed by atoms with van der Waals surface area (Å²) in [5.74, 6) is -0.532. The van der Waals surface area contributed by atoms with Crippen molar-refractivity contribution in [3.05, 3.63) is 141 Å². The van der Waals surface area contributed by atoms with E-state index >= 15 is 0 Å². The van der Waals surface area contributed by atoms with E-state index in [0.29, 0.717) is 0 Å². The molecule has 4 aromatic rings. The molecule has 0 aliphatic heterocycles. The molecule has 4 aliphatic carbocycles. The molecule has 40 heavy (non-hydrogen) atoms. The average Bonchev–Trinajstić information content (AvgIpc) is 2.97. The van der Waals surface area contributed by atoms with Crippen molar-refractivity contribution in [2.75, 3.05) is 0 Å². The first kappa shape index (κ1) is 24.0. The third kappa shape index (κ3) is 3.46. The van der Waals surface area contributed by atoms with Crippen LogP contribution in [0.5, 0.6) is 0 Å². The van der Waals surface area contributed by atoms with E-state index in [-0.39, 0.29) is 17.5 Å². The minimum Gasteiger partial charge on any atom is -0.293 e. The monoisotopic (exact) mass is 552 g/mol. The van der Waals surface area contributed by atoms with Crippen LogP contribution in [0.1, 0.15) is 37.4 Å². The van der Waals surface area contributed by atoms with E-state index in [9.17, 15) is 9.59 Å². The molecule has 4 aromatic carbocycles. The van der Waals surface area contributed by atoms with E-state index in [4.69, 9.17) is 0 Å². The molecule has 2 atom stereocenters. The Morgan fingerprint density at radius 3 is 2.10 bits per heavy atom. The number of Topliss-reactive ketones (excluding diaryl/α,β-unsaturated/α-hetero) is 2. The topological polar surface area (TPSA) is 34.1 Å². The molecular formula is C36H24O2S2. The summed E-state index contributed by atoms with van der Waals surface area (Å²) in [6, 6.07) is 25.0. The molecule has 0 amide bonds. The molecule has 0 radical (unpaired) electrons. The predicted molar refractivity (Wildman–Crippen MR) is 164 cm³/mol. The Morgan fingerprint density at radius 2 is 1.38 bits per heavy atom. The molecule has 0 saturated heterocycles. The van der Waals surface area contributed by atoms with Crippen LogP contribution in [0.2, 0.25) is 0 Å². The van der Waals surface area contributed by atoms with Gasteiger partial charge < -0.3 is 0 Å². The van der Waals surface area contributed by atoms with Gasteiger partial charge in [0.1, 0.15) is 0 Å². The fourth-order valence-electron chi connectivity index (χ4n) is 6.45. The van der Waals surface area contributed by atoms with Gasteiger partial charge in [-0.25, -0.2) is 0 Å². The van der Waals surface area contributed by atoms with E-state index in [1.54, 1.807) is 23.5 Å². The lowest BCUT2D eigenvalue weighted by molar-refractivity contribution is 0.0942. The van der Waals surface area contributed by atoms with Crippen LogP contribution in [-0.2, 0) is 0 Å². The lowest BCUT2D eigenvalue weighted by Crippen LogP contribution is -2.34. The second-order valence-electron chi connectivity index (χ2n) is 10.9. The van der Waals surface area contributed by atoms with Gasteiger partial charge in [-0.1, -0.05) is 101 Å². The van der Waals surface area contributed by atoms with Crippen molar-refractivity contribution < 1.29 is 9.59 Å². The number of carbonyl (C=O) groups is 2. The highest BCUT2D eigenvalue weighted by atomic mass is 32.2. The van der Waals surface area contributed by atoms with Crippen molar-refractivity contribution in [1.29, 1.82) is 0 Å². The van der Waals surface area contributed by atoms with E-state index in [1.165, 1.54) is 11.1 Å². The first-order chi connectivity index (χ1) is 19.5. The first-order valence-corrected chi connectivity index (χ1v) is 15.1. The Morgan fingerprint density at radius 1 is 0.700 bits per heavy atom. The third-order valence-electron chi connectivity index (χ3n) is 8.34. The quantitative estimate of drug-likeness (QED) is 0.253. The highest BCUT2D eigenvalue weighted by Gasteiger charge is 2.46. The lowest BCUT2D eigenvalue weighted by Gasteiger charge is -2.40. The zero-order valence-corrected chi connectivity index (χ0v) is 23.7. The predicted octanol–water partition coefficient (Wildman–Crippen LogP) is 9.17. The summed E-state index contributed by atoms with van der Waals surface area (Å²) < 4.78 is 0. The van der Waals surface area contributed by atoms with Crippen molar-refractivity contribution in [2.45, 2.75) is 28.5 Å². The van der Waals surface area contributed by atoms with Crippen LogP contribution < -0.4 is 0 Å². The maximum Gasteiger partial charge on any atom is 0.174 e. The van der Waals surface area contributed by atoms with Gasteiger partial charge in [0.25, 0.3) is 0 Å². The molecular weight excluding hydrogens is 529 g/mol. The molecule has 8 rings (SSSR count). The van der Waals surface area contributed by atoms with Crippen LogP contribution >= 0.6 is 23.5 Å². The SMILES string of the molecule is Cc1ccc(SC2=CC3C(=O)c4cccc5c(Sc6ccc(C)cc6)cc6c(c45)C3=C3C2=CC=CC3C6=O)cc1. The Balaban J connectivity index is 1.35. The zero-order valence-electron chi connectivity index (χ0n) is 22.0. The second-order valence-corrected chi connectivity index (χ2v) is 13.1. The molecule has 4 aliphatic rings. The van der Waals surface area contributed by atoms with E-state index < -0.39 is 5.92 Å². The van der Waals surface area contributed by atoms with Gasteiger partial charge in [-0.3, -0.25) is 9.59 Å². The van der Waals surface area contributed by atoms with Gasteiger partial charge in [0.05, 0.1) is 11.8 Å². The number of benzene rings is 4. The molecule has 0 heterocycles. The van der Waals surface area contributed by atoms with Gasteiger partial charge in [0.15, 0.2) is 11.6 Å². The Hall–Kier alpha value is -3.86. The Bertz CT molecular complexity index is 1940. The molecule has 0 N–H and O–H groups in total. The van der Waals surface area contributed by atoms with E-state index in [0.717, 1.165) is 63.8 Å². The molecule has 0 spiro atoms. The summed E-state index contributed by atoms with van der Waals surface area (Å²) in [6.07, 6.45) is 8.28. The molecule has 2 nitrogen and oxygen atoms in total. The average molecular weight is 553 g/mol. The Kier molecular flexibility index (Phi) is 5.29. The van der Waals surface area contributed by atoms with Crippen LogP contribution in [0, 0.1) is 25.7 Å². The van der Waals surface area contributed by atoms with Crippen molar-refractivity contribution in [1.82, 2.24) is 0 Å². The van der Waals surface area contributed by atoms with Crippen LogP contribution in [0.4, 0.5) is 0 Å². The fourth-order valence-corrected chi connectivity index (χ4v) is 8.45. The van der Waals surface area contributed by atoms with Crippen molar-refractivity contribution in [2.24, 2.45) is 11.8 Å². The minimum atomic E-state index is -0.394. The van der Waals surface area contributed by atoms with Gasteiger partial charge >= 0.3 is 0 Å². The van der Waals surface area contributed by atoms with Gasteiger partial charge in [0.2, 0.25) is 0 Å². The maximum absolute atomic E-state index is 14.3. The van der Waals surface area contributed by atoms with Crippen LogP contribution in [0.25, 0.3) is 16.3 Å². The highest BCUT2D eigenvalue weighted by molar-refractivity contribution is 8.03. The Labute approximate surface area is 241 Å².